The van der Waals surface area contributed by atoms with E-state index in [4.69, 9.17) is 16.3 Å². The van der Waals surface area contributed by atoms with Crippen molar-refractivity contribution in [1.82, 2.24) is 19.5 Å². The monoisotopic (exact) mass is 431 g/mol. The van der Waals surface area contributed by atoms with E-state index in [2.05, 4.69) is 20.3 Å². The number of anilines is 2. The van der Waals surface area contributed by atoms with Gasteiger partial charge < -0.3 is 19.7 Å². The summed E-state index contributed by atoms with van der Waals surface area (Å²) in [5.41, 5.74) is 4.00. The number of imidazole rings is 1. The number of aliphatic hydroxyl groups excluding tert-OH is 1. The fraction of sp³-hybridized carbons (Fsp3) is 0.429. The van der Waals surface area contributed by atoms with Crippen molar-refractivity contribution in [3.8, 4) is 0 Å². The maximum absolute atomic E-state index is 12.4. The second-order valence-electron chi connectivity index (χ2n) is 6.82. The standard InChI is InChI=1S/C21H26ClN5O3/c1-5-15-18(16(6-2)24-12(3)23-15)26-21-25-17-14(22)9-8-13(20(29)30-4)19(17)27(21)10-7-11-28/h8-9,28H,5-7,10-11H2,1-4H3,(H,25,26). The van der Waals surface area contributed by atoms with Crippen LogP contribution >= 0.6 is 11.6 Å². The Kier molecular flexibility index (Phi) is 6.89. The zero-order valence-corrected chi connectivity index (χ0v) is 18.4. The van der Waals surface area contributed by atoms with Crippen molar-refractivity contribution in [1.29, 1.82) is 0 Å². The maximum atomic E-state index is 12.4. The molecule has 9 heteroatoms. The smallest absolute Gasteiger partial charge is 0.340 e. The van der Waals surface area contributed by atoms with Gasteiger partial charge in [0, 0.05) is 13.2 Å². The highest BCUT2D eigenvalue weighted by molar-refractivity contribution is 6.35. The highest BCUT2D eigenvalue weighted by Crippen LogP contribution is 2.32. The van der Waals surface area contributed by atoms with E-state index in [0.29, 0.717) is 40.5 Å². The number of aryl methyl sites for hydroxylation is 4. The number of benzene rings is 1. The third-order valence-electron chi connectivity index (χ3n) is 4.87. The van der Waals surface area contributed by atoms with Crippen LogP contribution in [0.15, 0.2) is 12.1 Å². The van der Waals surface area contributed by atoms with E-state index in [-0.39, 0.29) is 6.61 Å². The van der Waals surface area contributed by atoms with Crippen LogP contribution in [0.5, 0.6) is 0 Å². The summed E-state index contributed by atoms with van der Waals surface area (Å²) in [6.07, 6.45) is 1.94. The van der Waals surface area contributed by atoms with Crippen LogP contribution in [0.2, 0.25) is 5.02 Å². The molecule has 2 N–H and O–H groups in total. The van der Waals surface area contributed by atoms with E-state index in [0.717, 1.165) is 35.7 Å². The number of nitrogens with one attached hydrogen (secondary N) is 1. The minimum atomic E-state index is -0.476. The summed E-state index contributed by atoms with van der Waals surface area (Å²) in [5.74, 6) is 0.753. The molecule has 0 fully saturated rings. The Morgan fingerprint density at radius 3 is 2.43 bits per heavy atom. The average molecular weight is 432 g/mol. The number of hydrogen-bond donors (Lipinski definition) is 2. The van der Waals surface area contributed by atoms with Gasteiger partial charge in [-0.05, 0) is 38.3 Å². The zero-order chi connectivity index (χ0) is 21.8. The molecule has 0 spiro atoms. The van der Waals surface area contributed by atoms with Gasteiger partial charge in [-0.15, -0.1) is 0 Å². The Morgan fingerprint density at radius 1 is 1.20 bits per heavy atom. The molecule has 0 amide bonds. The van der Waals surface area contributed by atoms with Crippen molar-refractivity contribution in [2.75, 3.05) is 19.0 Å². The molecule has 0 bridgehead atoms. The quantitative estimate of drug-likeness (QED) is 0.522. The molecule has 3 rings (SSSR count). The zero-order valence-electron chi connectivity index (χ0n) is 17.6. The average Bonchev–Trinajstić information content (AvgIpc) is 3.11. The number of hydrogen-bond acceptors (Lipinski definition) is 7. The van der Waals surface area contributed by atoms with Crippen LogP contribution in [-0.4, -0.2) is 44.3 Å². The van der Waals surface area contributed by atoms with Crippen molar-refractivity contribution in [3.63, 3.8) is 0 Å². The Bertz CT molecular complexity index is 1060. The molecular formula is C21H26ClN5O3. The molecule has 0 unspecified atom stereocenters. The summed E-state index contributed by atoms with van der Waals surface area (Å²) in [4.78, 5) is 26.2. The Hall–Kier alpha value is -2.71. The fourth-order valence-electron chi connectivity index (χ4n) is 3.49. The Morgan fingerprint density at radius 2 is 1.87 bits per heavy atom. The number of aliphatic hydroxyl groups is 1. The van der Waals surface area contributed by atoms with E-state index in [9.17, 15) is 9.90 Å². The first-order valence-electron chi connectivity index (χ1n) is 9.96. The van der Waals surface area contributed by atoms with Gasteiger partial charge in [0.25, 0.3) is 0 Å². The molecule has 3 aromatic rings. The highest BCUT2D eigenvalue weighted by Gasteiger charge is 2.22. The normalized spacial score (nSPS) is 11.1. The van der Waals surface area contributed by atoms with Crippen LogP contribution in [0.25, 0.3) is 11.0 Å². The van der Waals surface area contributed by atoms with E-state index >= 15 is 0 Å². The largest absolute Gasteiger partial charge is 0.465 e. The first-order valence-corrected chi connectivity index (χ1v) is 10.3. The van der Waals surface area contributed by atoms with Gasteiger partial charge in [-0.25, -0.2) is 19.7 Å². The lowest BCUT2D eigenvalue weighted by molar-refractivity contribution is 0.0602. The molecule has 160 valence electrons. The minimum Gasteiger partial charge on any atom is -0.465 e. The second-order valence-corrected chi connectivity index (χ2v) is 7.23. The fourth-order valence-corrected chi connectivity index (χ4v) is 3.68. The highest BCUT2D eigenvalue weighted by atomic mass is 35.5. The molecule has 0 aliphatic rings. The van der Waals surface area contributed by atoms with Gasteiger partial charge in [0.2, 0.25) is 5.95 Å². The van der Waals surface area contributed by atoms with Crippen LogP contribution in [0, 0.1) is 6.92 Å². The molecule has 0 saturated carbocycles. The first-order chi connectivity index (χ1) is 14.4. The van der Waals surface area contributed by atoms with Gasteiger partial charge in [0.15, 0.2) is 0 Å². The number of rotatable bonds is 8. The van der Waals surface area contributed by atoms with Crippen LogP contribution in [0.3, 0.4) is 0 Å². The van der Waals surface area contributed by atoms with Gasteiger partial charge in [-0.3, -0.25) is 0 Å². The van der Waals surface area contributed by atoms with Crippen molar-refractivity contribution in [3.05, 3.63) is 39.9 Å². The summed E-state index contributed by atoms with van der Waals surface area (Å²) < 4.78 is 6.79. The van der Waals surface area contributed by atoms with E-state index in [1.165, 1.54) is 7.11 Å². The van der Waals surface area contributed by atoms with E-state index < -0.39 is 5.97 Å². The van der Waals surface area contributed by atoms with Gasteiger partial charge >= 0.3 is 5.97 Å². The number of carbonyl (C=O) groups excluding carboxylic acids is 1. The Balaban J connectivity index is 2.24. The van der Waals surface area contributed by atoms with Crippen LogP contribution in [0.4, 0.5) is 11.6 Å². The maximum Gasteiger partial charge on any atom is 0.340 e. The number of nitrogens with zero attached hydrogens (tertiary/aromatic N) is 4. The number of ether oxygens (including phenoxy) is 1. The molecular weight excluding hydrogens is 406 g/mol. The van der Waals surface area contributed by atoms with Gasteiger partial charge in [-0.1, -0.05) is 25.4 Å². The summed E-state index contributed by atoms with van der Waals surface area (Å²) >= 11 is 6.41. The number of esters is 1. The van der Waals surface area contributed by atoms with Gasteiger partial charge in [0.05, 0.1) is 40.3 Å². The third-order valence-corrected chi connectivity index (χ3v) is 5.17. The number of fused-ring (bicyclic) bond motifs is 1. The SMILES string of the molecule is CCc1nc(C)nc(CC)c1Nc1nc2c(Cl)ccc(C(=O)OC)c2n1CCCO. The van der Waals surface area contributed by atoms with Gasteiger partial charge in [-0.2, -0.15) is 0 Å². The molecule has 0 saturated heterocycles. The molecule has 0 aliphatic carbocycles. The molecule has 2 heterocycles. The third kappa shape index (κ3) is 4.11. The minimum absolute atomic E-state index is 0.00129. The lowest BCUT2D eigenvalue weighted by Gasteiger charge is -2.16. The molecule has 30 heavy (non-hydrogen) atoms. The number of carbonyl (C=O) groups is 1. The lowest BCUT2D eigenvalue weighted by atomic mass is 10.1. The summed E-state index contributed by atoms with van der Waals surface area (Å²) in [6.45, 7) is 6.39. The van der Waals surface area contributed by atoms with E-state index in [1.54, 1.807) is 12.1 Å². The number of methoxy groups -OCH3 is 1. The number of aromatic nitrogens is 4. The molecule has 0 aliphatic heterocycles. The van der Waals surface area contributed by atoms with Crippen LogP contribution in [-0.2, 0) is 24.1 Å². The van der Waals surface area contributed by atoms with Crippen molar-refractivity contribution < 1.29 is 14.6 Å². The second kappa shape index (κ2) is 9.40. The van der Waals surface area contributed by atoms with Crippen molar-refractivity contribution in [2.24, 2.45) is 0 Å². The number of halogens is 1. The van der Waals surface area contributed by atoms with Gasteiger partial charge in [0.1, 0.15) is 11.3 Å². The van der Waals surface area contributed by atoms with Crippen LogP contribution < -0.4 is 5.32 Å². The Labute approximate surface area is 180 Å². The topological polar surface area (TPSA) is 102 Å². The lowest BCUT2D eigenvalue weighted by Crippen LogP contribution is -2.12. The summed E-state index contributed by atoms with van der Waals surface area (Å²) in [5, 5.41) is 13.2. The predicted molar refractivity (Wildman–Crippen MR) is 117 cm³/mol. The molecule has 8 nitrogen and oxygen atoms in total. The molecule has 0 atom stereocenters. The molecule has 2 aromatic heterocycles. The molecule has 0 radical (unpaired) electrons. The first kappa shape index (κ1) is 22.0. The molecule has 1 aromatic carbocycles. The van der Waals surface area contributed by atoms with Crippen molar-refractivity contribution in [2.45, 2.75) is 46.6 Å². The van der Waals surface area contributed by atoms with Crippen LogP contribution in [0.1, 0.15) is 47.8 Å². The summed E-state index contributed by atoms with van der Waals surface area (Å²) in [7, 11) is 1.33. The summed E-state index contributed by atoms with van der Waals surface area (Å²) in [6, 6.07) is 3.26. The van der Waals surface area contributed by atoms with E-state index in [1.807, 2.05) is 25.3 Å². The van der Waals surface area contributed by atoms with Crippen molar-refractivity contribution >= 4 is 40.2 Å². The predicted octanol–water partition coefficient (Wildman–Crippen LogP) is 3.83.